The zero-order chi connectivity index (χ0) is 9.84. The molecule has 2 heteroatoms. The number of hydrogen-bond donors (Lipinski definition) is 0. The predicted octanol–water partition coefficient (Wildman–Crippen LogP) is 2.59. The van der Waals surface area contributed by atoms with E-state index >= 15 is 0 Å². The van der Waals surface area contributed by atoms with Gasteiger partial charge >= 0.3 is 5.97 Å². The van der Waals surface area contributed by atoms with Gasteiger partial charge in [-0.1, -0.05) is 25.7 Å². The molecule has 70 valence electrons. The second-order valence-electron chi connectivity index (χ2n) is 3.10. The monoisotopic (exact) mass is 178 g/mol. The van der Waals surface area contributed by atoms with E-state index in [4.69, 9.17) is 4.74 Å². The molecule has 0 N–H and O–H groups in total. The lowest BCUT2D eigenvalue weighted by Gasteiger charge is -2.21. The number of cyclic esters (lactones) is 1. The van der Waals surface area contributed by atoms with Gasteiger partial charge in [0.25, 0.3) is 0 Å². The molecule has 0 bridgehead atoms. The van der Waals surface area contributed by atoms with Gasteiger partial charge in [0.05, 0.1) is 6.42 Å². The fraction of sp³-hybridized carbons (Fsp3) is 0.364. The summed E-state index contributed by atoms with van der Waals surface area (Å²) in [6.45, 7) is 7.60. The molecule has 1 aliphatic rings. The van der Waals surface area contributed by atoms with E-state index in [0.717, 1.165) is 5.57 Å². The Bertz CT molecular complexity index is 284. The fourth-order valence-corrected chi connectivity index (χ4v) is 1.41. The van der Waals surface area contributed by atoms with Crippen LogP contribution in [-0.2, 0) is 9.53 Å². The lowest BCUT2D eigenvalue weighted by atomic mass is 9.94. The fourth-order valence-electron chi connectivity index (χ4n) is 1.41. The van der Waals surface area contributed by atoms with Gasteiger partial charge in [-0.2, -0.15) is 0 Å². The van der Waals surface area contributed by atoms with Gasteiger partial charge in [-0.15, -0.1) is 0 Å². The first kappa shape index (κ1) is 9.78. The van der Waals surface area contributed by atoms with Crippen LogP contribution < -0.4 is 0 Å². The average molecular weight is 178 g/mol. The molecular weight excluding hydrogens is 164 g/mol. The molecule has 1 aliphatic heterocycles. The largest absolute Gasteiger partial charge is 0.426 e. The lowest BCUT2D eigenvalue weighted by Crippen LogP contribution is -2.18. The van der Waals surface area contributed by atoms with E-state index in [9.17, 15) is 4.79 Å². The maximum atomic E-state index is 11.1. The Morgan fingerprint density at radius 3 is 2.85 bits per heavy atom. The zero-order valence-electron chi connectivity index (χ0n) is 8.04. The van der Waals surface area contributed by atoms with E-state index in [-0.39, 0.29) is 11.9 Å². The van der Waals surface area contributed by atoms with E-state index in [1.165, 1.54) is 0 Å². The molecule has 0 saturated carbocycles. The molecule has 0 amide bonds. The summed E-state index contributed by atoms with van der Waals surface area (Å²) in [5.41, 5.74) is 1.01. The van der Waals surface area contributed by atoms with Crippen LogP contribution in [0.5, 0.6) is 0 Å². The molecule has 0 aromatic carbocycles. The average Bonchev–Trinajstić information content (AvgIpc) is 2.04. The number of esters is 1. The Morgan fingerprint density at radius 1 is 1.62 bits per heavy atom. The Morgan fingerprint density at radius 2 is 2.31 bits per heavy atom. The lowest BCUT2D eigenvalue weighted by molar-refractivity contribution is -0.141. The van der Waals surface area contributed by atoms with Gasteiger partial charge in [-0.05, 0) is 24.5 Å². The van der Waals surface area contributed by atoms with Gasteiger partial charge in [0.1, 0.15) is 5.76 Å². The third-order valence-corrected chi connectivity index (χ3v) is 2.05. The molecule has 0 aliphatic carbocycles. The van der Waals surface area contributed by atoms with Crippen molar-refractivity contribution in [2.75, 3.05) is 0 Å². The van der Waals surface area contributed by atoms with Gasteiger partial charge in [0, 0.05) is 0 Å². The van der Waals surface area contributed by atoms with Crippen molar-refractivity contribution in [3.8, 4) is 0 Å². The molecule has 13 heavy (non-hydrogen) atoms. The molecule has 0 spiro atoms. The standard InChI is InChI=1S/C11H14O2/c1-4-6-10-9(5-2)8(3)7-11(12)13-10/h4-6,8H,2,7H2,1,3H3. The molecule has 0 aromatic rings. The highest BCUT2D eigenvalue weighted by atomic mass is 16.5. The molecule has 0 saturated heterocycles. The number of rotatable bonds is 2. The van der Waals surface area contributed by atoms with E-state index in [1.807, 2.05) is 19.9 Å². The second kappa shape index (κ2) is 4.08. The van der Waals surface area contributed by atoms with Crippen molar-refractivity contribution in [2.45, 2.75) is 20.3 Å². The summed E-state index contributed by atoms with van der Waals surface area (Å²) in [7, 11) is 0. The number of carbonyl (C=O) groups excluding carboxylic acids is 1. The van der Waals surface area contributed by atoms with Gasteiger partial charge in [0.15, 0.2) is 0 Å². The zero-order valence-corrected chi connectivity index (χ0v) is 8.04. The molecule has 0 fully saturated rings. The first-order valence-corrected chi connectivity index (χ1v) is 4.39. The second-order valence-corrected chi connectivity index (χ2v) is 3.10. The van der Waals surface area contributed by atoms with Gasteiger partial charge in [-0.25, -0.2) is 0 Å². The topological polar surface area (TPSA) is 26.3 Å². The summed E-state index contributed by atoms with van der Waals surface area (Å²) in [6, 6.07) is 0. The summed E-state index contributed by atoms with van der Waals surface area (Å²) in [4.78, 5) is 11.1. The first-order chi connectivity index (χ1) is 6.19. The summed E-state index contributed by atoms with van der Waals surface area (Å²) in [5, 5.41) is 0. The van der Waals surface area contributed by atoms with E-state index in [2.05, 4.69) is 6.58 Å². The van der Waals surface area contributed by atoms with Crippen LogP contribution in [-0.4, -0.2) is 5.97 Å². The smallest absolute Gasteiger partial charge is 0.311 e. The van der Waals surface area contributed by atoms with Crippen LogP contribution in [0.15, 0.2) is 36.1 Å². The van der Waals surface area contributed by atoms with Crippen LogP contribution in [0.3, 0.4) is 0 Å². The minimum atomic E-state index is -0.161. The quantitative estimate of drug-likeness (QED) is 0.607. The number of hydrogen-bond acceptors (Lipinski definition) is 2. The van der Waals surface area contributed by atoms with Crippen LogP contribution >= 0.6 is 0 Å². The third kappa shape index (κ3) is 2.08. The predicted molar refractivity (Wildman–Crippen MR) is 51.9 cm³/mol. The number of carbonyl (C=O) groups is 1. The van der Waals surface area contributed by atoms with Gasteiger partial charge < -0.3 is 4.74 Å². The summed E-state index contributed by atoms with van der Waals surface area (Å²) in [5.74, 6) is 0.692. The summed E-state index contributed by atoms with van der Waals surface area (Å²) >= 11 is 0. The molecule has 0 aromatic heterocycles. The number of ether oxygens (including phenoxy) is 1. The molecule has 1 rings (SSSR count). The van der Waals surface area contributed by atoms with E-state index in [1.54, 1.807) is 12.2 Å². The van der Waals surface area contributed by atoms with Crippen LogP contribution in [0.4, 0.5) is 0 Å². The Hall–Kier alpha value is -1.31. The normalized spacial score (nSPS) is 23.5. The Balaban J connectivity index is 3.05. The van der Waals surface area contributed by atoms with E-state index in [0.29, 0.717) is 12.2 Å². The molecular formula is C11H14O2. The Labute approximate surface area is 78.6 Å². The van der Waals surface area contributed by atoms with Crippen LogP contribution in [0.25, 0.3) is 0 Å². The Kier molecular flexibility index (Phi) is 3.07. The van der Waals surface area contributed by atoms with Crippen LogP contribution in [0.2, 0.25) is 0 Å². The van der Waals surface area contributed by atoms with Gasteiger partial charge in [-0.3, -0.25) is 4.79 Å². The highest BCUT2D eigenvalue weighted by Crippen LogP contribution is 2.27. The van der Waals surface area contributed by atoms with Crippen molar-refractivity contribution >= 4 is 5.97 Å². The van der Waals surface area contributed by atoms with Crippen molar-refractivity contribution in [2.24, 2.45) is 5.92 Å². The van der Waals surface area contributed by atoms with Crippen LogP contribution in [0.1, 0.15) is 20.3 Å². The molecule has 0 radical (unpaired) electrons. The van der Waals surface area contributed by atoms with Crippen LogP contribution in [0, 0.1) is 5.92 Å². The van der Waals surface area contributed by atoms with Crippen molar-refractivity contribution in [3.05, 3.63) is 36.1 Å². The molecule has 1 heterocycles. The maximum absolute atomic E-state index is 11.1. The minimum Gasteiger partial charge on any atom is -0.426 e. The van der Waals surface area contributed by atoms with E-state index < -0.39 is 0 Å². The van der Waals surface area contributed by atoms with Crippen molar-refractivity contribution < 1.29 is 9.53 Å². The summed E-state index contributed by atoms with van der Waals surface area (Å²) in [6.07, 6.45) is 5.85. The van der Waals surface area contributed by atoms with Crippen molar-refractivity contribution in [3.63, 3.8) is 0 Å². The third-order valence-electron chi connectivity index (χ3n) is 2.05. The molecule has 1 unspecified atom stereocenters. The molecule has 2 nitrogen and oxygen atoms in total. The highest BCUT2D eigenvalue weighted by Gasteiger charge is 2.22. The van der Waals surface area contributed by atoms with Crippen molar-refractivity contribution in [1.82, 2.24) is 0 Å². The summed E-state index contributed by atoms with van der Waals surface area (Å²) < 4.78 is 5.08. The SMILES string of the molecule is C=CC1=C(C=CC)OC(=O)CC1C. The molecule has 1 atom stereocenters. The number of allylic oxidation sites excluding steroid dienone is 4. The first-order valence-electron chi connectivity index (χ1n) is 4.39. The van der Waals surface area contributed by atoms with Crippen molar-refractivity contribution in [1.29, 1.82) is 0 Å². The minimum absolute atomic E-state index is 0.161. The highest BCUT2D eigenvalue weighted by molar-refractivity contribution is 5.74. The van der Waals surface area contributed by atoms with Gasteiger partial charge in [0.2, 0.25) is 0 Å². The maximum Gasteiger partial charge on any atom is 0.311 e.